The summed E-state index contributed by atoms with van der Waals surface area (Å²) >= 11 is 0. The monoisotopic (exact) mass is 252 g/mol. The molecule has 18 heavy (non-hydrogen) atoms. The smallest absolute Gasteiger partial charge is 0.337 e. The number of hydrogen-bond acceptors (Lipinski definition) is 6. The second-order valence-corrected chi connectivity index (χ2v) is 3.19. The van der Waals surface area contributed by atoms with Crippen LogP contribution in [0.15, 0.2) is 12.1 Å². The molecule has 0 heterocycles. The molecule has 1 aromatic carbocycles. The predicted molar refractivity (Wildman–Crippen MR) is 57.0 cm³/mol. The van der Waals surface area contributed by atoms with Crippen molar-refractivity contribution in [3.8, 4) is 11.8 Å². The van der Waals surface area contributed by atoms with Crippen LogP contribution in [-0.2, 0) is 4.79 Å². The van der Waals surface area contributed by atoms with Crippen molar-refractivity contribution in [2.24, 2.45) is 0 Å². The highest BCUT2D eigenvalue weighted by atomic mass is 16.6. The van der Waals surface area contributed by atoms with Crippen LogP contribution in [0.3, 0.4) is 0 Å². The van der Waals surface area contributed by atoms with Gasteiger partial charge in [-0.2, -0.15) is 5.26 Å². The first-order valence-corrected chi connectivity index (χ1v) is 4.60. The zero-order valence-corrected chi connectivity index (χ0v) is 9.15. The number of benzene rings is 1. The summed E-state index contributed by atoms with van der Waals surface area (Å²) in [7, 11) is 1.19. The van der Waals surface area contributed by atoms with Gasteiger partial charge in [0.25, 0.3) is 5.69 Å². The predicted octanol–water partition coefficient (Wildman–Crippen LogP) is 0.593. The number of hydrogen-bond donors (Lipinski definition) is 2. The van der Waals surface area contributed by atoms with E-state index in [1.165, 1.54) is 13.2 Å². The SMILES string of the molecule is COc1ccc([N+](=O)[O-])c(C#N)c1C(O)C(=O)O. The average Bonchev–Trinajstić information content (AvgIpc) is 2.35. The second-order valence-electron chi connectivity index (χ2n) is 3.19. The van der Waals surface area contributed by atoms with Crippen LogP contribution in [0.1, 0.15) is 17.2 Å². The van der Waals surface area contributed by atoms with Gasteiger partial charge < -0.3 is 14.9 Å². The van der Waals surface area contributed by atoms with E-state index in [1.54, 1.807) is 0 Å². The number of nitrogens with zero attached hydrogens (tertiary/aromatic N) is 2. The van der Waals surface area contributed by atoms with Gasteiger partial charge >= 0.3 is 5.97 Å². The lowest BCUT2D eigenvalue weighted by Crippen LogP contribution is -2.14. The van der Waals surface area contributed by atoms with Crippen LogP contribution in [0.25, 0.3) is 0 Å². The van der Waals surface area contributed by atoms with E-state index >= 15 is 0 Å². The lowest BCUT2D eigenvalue weighted by Gasteiger charge is -2.12. The topological polar surface area (TPSA) is 134 Å². The molecule has 0 fully saturated rings. The van der Waals surface area contributed by atoms with Crippen molar-refractivity contribution >= 4 is 11.7 Å². The minimum Gasteiger partial charge on any atom is -0.496 e. The molecule has 0 amide bonds. The first-order valence-electron chi connectivity index (χ1n) is 4.60. The molecule has 1 rings (SSSR count). The first-order chi connectivity index (χ1) is 8.43. The molecule has 1 unspecified atom stereocenters. The van der Waals surface area contributed by atoms with Crippen molar-refractivity contribution in [1.82, 2.24) is 0 Å². The van der Waals surface area contributed by atoms with Gasteiger partial charge in [0.15, 0.2) is 6.10 Å². The van der Waals surface area contributed by atoms with Crippen LogP contribution in [0.5, 0.6) is 5.75 Å². The normalized spacial score (nSPS) is 11.4. The van der Waals surface area contributed by atoms with Gasteiger partial charge in [0.05, 0.1) is 17.6 Å². The Labute approximate surface area is 101 Å². The highest BCUT2D eigenvalue weighted by Crippen LogP contribution is 2.34. The fourth-order valence-electron chi connectivity index (χ4n) is 1.43. The molecule has 8 nitrogen and oxygen atoms in total. The van der Waals surface area contributed by atoms with E-state index in [-0.39, 0.29) is 5.75 Å². The quantitative estimate of drug-likeness (QED) is 0.591. The number of ether oxygens (including phenoxy) is 1. The molecule has 0 saturated carbocycles. The van der Waals surface area contributed by atoms with E-state index in [0.29, 0.717) is 0 Å². The minimum absolute atomic E-state index is 0.105. The summed E-state index contributed by atoms with van der Waals surface area (Å²) in [4.78, 5) is 20.6. The van der Waals surface area contributed by atoms with Gasteiger partial charge in [-0.1, -0.05) is 0 Å². The fourth-order valence-corrected chi connectivity index (χ4v) is 1.43. The van der Waals surface area contributed by atoms with Gasteiger partial charge in [0, 0.05) is 6.07 Å². The summed E-state index contributed by atoms with van der Waals surface area (Å²) < 4.78 is 4.80. The van der Waals surface area contributed by atoms with Crippen LogP contribution in [0.4, 0.5) is 5.69 Å². The number of rotatable bonds is 4. The third kappa shape index (κ3) is 2.21. The van der Waals surface area contributed by atoms with Crippen LogP contribution < -0.4 is 4.74 Å². The Balaban J connectivity index is 3.63. The number of aliphatic hydroxyl groups excluding tert-OH is 1. The Morgan fingerprint density at radius 3 is 2.61 bits per heavy atom. The van der Waals surface area contributed by atoms with E-state index in [4.69, 9.17) is 15.1 Å². The van der Waals surface area contributed by atoms with E-state index in [9.17, 15) is 20.0 Å². The molecule has 0 aliphatic heterocycles. The van der Waals surface area contributed by atoms with E-state index in [1.807, 2.05) is 0 Å². The van der Waals surface area contributed by atoms with Crippen molar-refractivity contribution in [1.29, 1.82) is 5.26 Å². The Morgan fingerprint density at radius 1 is 1.61 bits per heavy atom. The average molecular weight is 252 g/mol. The number of nitro groups is 1. The number of carboxylic acids is 1. The molecular weight excluding hydrogens is 244 g/mol. The number of aliphatic carboxylic acids is 1. The van der Waals surface area contributed by atoms with Crippen molar-refractivity contribution in [2.75, 3.05) is 7.11 Å². The maximum atomic E-state index is 10.7. The van der Waals surface area contributed by atoms with Crippen LogP contribution in [-0.4, -0.2) is 28.2 Å². The van der Waals surface area contributed by atoms with Crippen LogP contribution >= 0.6 is 0 Å². The number of carbonyl (C=O) groups is 1. The molecule has 0 saturated heterocycles. The van der Waals surface area contributed by atoms with Gasteiger partial charge in [-0.25, -0.2) is 4.79 Å². The third-order valence-corrected chi connectivity index (χ3v) is 2.22. The molecular formula is C10H8N2O6. The van der Waals surface area contributed by atoms with Gasteiger partial charge in [0.2, 0.25) is 0 Å². The summed E-state index contributed by atoms with van der Waals surface area (Å²) in [6, 6.07) is 3.65. The second kappa shape index (κ2) is 5.11. The van der Waals surface area contributed by atoms with E-state index < -0.39 is 33.8 Å². The Morgan fingerprint density at radius 2 is 2.22 bits per heavy atom. The molecule has 0 aliphatic rings. The summed E-state index contributed by atoms with van der Waals surface area (Å²) in [6.07, 6.45) is -2.07. The Bertz CT molecular complexity index is 548. The summed E-state index contributed by atoms with van der Waals surface area (Å²) in [5.74, 6) is -1.74. The summed E-state index contributed by atoms with van der Waals surface area (Å²) in [5.41, 5.74) is -1.55. The standard InChI is InChI=1S/C10H8N2O6/c1-18-7-3-2-6(12(16)17)5(4-11)8(7)9(13)10(14)15/h2-3,9,13H,1H3,(H,14,15). The molecule has 0 aromatic heterocycles. The van der Waals surface area contributed by atoms with Crippen molar-refractivity contribution in [2.45, 2.75) is 6.10 Å². The Kier molecular flexibility index (Phi) is 3.81. The summed E-state index contributed by atoms with van der Waals surface area (Å²) in [6.45, 7) is 0. The van der Waals surface area contributed by atoms with Crippen LogP contribution in [0.2, 0.25) is 0 Å². The fraction of sp³-hybridized carbons (Fsp3) is 0.200. The van der Waals surface area contributed by atoms with Gasteiger partial charge in [-0.15, -0.1) is 0 Å². The molecule has 94 valence electrons. The highest BCUT2D eigenvalue weighted by Gasteiger charge is 2.29. The first kappa shape index (κ1) is 13.4. The lowest BCUT2D eigenvalue weighted by atomic mass is 10.00. The number of aliphatic hydroxyl groups is 1. The summed E-state index contributed by atoms with van der Waals surface area (Å²) in [5, 5.41) is 37.8. The molecule has 0 radical (unpaired) electrons. The number of nitro benzene ring substituents is 1. The maximum Gasteiger partial charge on any atom is 0.337 e. The van der Waals surface area contributed by atoms with Gasteiger partial charge in [-0.3, -0.25) is 10.1 Å². The zero-order chi connectivity index (χ0) is 13.9. The van der Waals surface area contributed by atoms with Crippen molar-refractivity contribution < 1.29 is 24.7 Å². The number of nitriles is 1. The minimum atomic E-state index is -2.07. The number of carboxylic acid groups (broad SMARTS) is 1. The Hall–Kier alpha value is -2.66. The van der Waals surface area contributed by atoms with E-state index in [0.717, 1.165) is 12.1 Å². The van der Waals surface area contributed by atoms with Crippen LogP contribution in [0, 0.1) is 21.4 Å². The van der Waals surface area contributed by atoms with E-state index in [2.05, 4.69) is 0 Å². The third-order valence-electron chi connectivity index (χ3n) is 2.22. The lowest BCUT2D eigenvalue weighted by molar-refractivity contribution is -0.385. The van der Waals surface area contributed by atoms with Crippen molar-refractivity contribution in [3.05, 3.63) is 33.4 Å². The van der Waals surface area contributed by atoms with Gasteiger partial charge in [-0.05, 0) is 6.07 Å². The molecule has 1 aromatic rings. The van der Waals surface area contributed by atoms with Gasteiger partial charge in [0.1, 0.15) is 17.4 Å². The maximum absolute atomic E-state index is 10.7. The molecule has 1 atom stereocenters. The number of methoxy groups -OCH3 is 1. The molecule has 0 spiro atoms. The zero-order valence-electron chi connectivity index (χ0n) is 9.15. The highest BCUT2D eigenvalue weighted by molar-refractivity contribution is 5.78. The molecule has 0 aliphatic carbocycles. The molecule has 0 bridgehead atoms. The molecule has 2 N–H and O–H groups in total. The largest absolute Gasteiger partial charge is 0.496 e. The van der Waals surface area contributed by atoms with Crippen molar-refractivity contribution in [3.63, 3.8) is 0 Å². The molecule has 8 heteroatoms.